The van der Waals surface area contributed by atoms with Crippen molar-refractivity contribution in [3.63, 3.8) is 0 Å². The number of alkyl halides is 3. The molecule has 19 heavy (non-hydrogen) atoms. The van der Waals surface area contributed by atoms with Crippen LogP contribution in [0.3, 0.4) is 0 Å². The first-order chi connectivity index (χ1) is 8.90. The monoisotopic (exact) mass is 278 g/mol. The number of aliphatic hydroxyl groups excluding tert-OH is 2. The lowest BCUT2D eigenvalue weighted by Gasteiger charge is -2.24. The Morgan fingerprint density at radius 2 is 2.05 bits per heavy atom. The van der Waals surface area contributed by atoms with Crippen LogP contribution in [0.4, 0.5) is 13.2 Å². The summed E-state index contributed by atoms with van der Waals surface area (Å²) < 4.78 is 36.7. The fraction of sp³-hybridized carbons (Fsp3) is 0.583. The molecule has 0 aliphatic rings. The van der Waals surface area contributed by atoms with Gasteiger partial charge in [-0.25, -0.2) is 0 Å². The molecule has 0 amide bonds. The molecule has 1 heterocycles. The zero-order valence-electron chi connectivity index (χ0n) is 10.3. The maximum absolute atomic E-state index is 12.2. The van der Waals surface area contributed by atoms with Crippen molar-refractivity contribution in [3.8, 4) is 0 Å². The van der Waals surface area contributed by atoms with Crippen molar-refractivity contribution in [2.45, 2.75) is 25.2 Å². The Hall–Kier alpha value is -1.18. The van der Waals surface area contributed by atoms with Crippen LogP contribution >= 0.6 is 0 Å². The van der Waals surface area contributed by atoms with E-state index in [0.717, 1.165) is 0 Å². The van der Waals surface area contributed by atoms with Crippen molar-refractivity contribution in [2.75, 3.05) is 19.7 Å². The minimum atomic E-state index is -4.24. The molecule has 1 rings (SSSR count). The number of aliphatic hydroxyl groups is 2. The lowest BCUT2D eigenvalue weighted by Crippen LogP contribution is -2.36. The molecule has 0 fully saturated rings. The van der Waals surface area contributed by atoms with Crippen LogP contribution in [0.1, 0.15) is 12.1 Å². The summed E-state index contributed by atoms with van der Waals surface area (Å²) in [6.45, 7) is -0.543. The summed E-state index contributed by atoms with van der Waals surface area (Å²) in [4.78, 5) is 5.46. The van der Waals surface area contributed by atoms with Gasteiger partial charge in [0.05, 0.1) is 24.8 Å². The van der Waals surface area contributed by atoms with E-state index in [9.17, 15) is 18.3 Å². The summed E-state index contributed by atoms with van der Waals surface area (Å²) >= 11 is 0. The summed E-state index contributed by atoms with van der Waals surface area (Å²) in [6, 6.07) is 5.16. The van der Waals surface area contributed by atoms with E-state index in [1.165, 1.54) is 4.90 Å². The van der Waals surface area contributed by atoms with E-state index in [2.05, 4.69) is 4.98 Å². The van der Waals surface area contributed by atoms with Gasteiger partial charge in [0.25, 0.3) is 0 Å². The second-order valence-corrected chi connectivity index (χ2v) is 4.26. The lowest BCUT2D eigenvalue weighted by atomic mass is 10.2. The largest absolute Gasteiger partial charge is 0.394 e. The first-order valence-electron chi connectivity index (χ1n) is 5.88. The van der Waals surface area contributed by atoms with Crippen molar-refractivity contribution in [3.05, 3.63) is 30.1 Å². The van der Waals surface area contributed by atoms with Gasteiger partial charge in [0.2, 0.25) is 0 Å². The van der Waals surface area contributed by atoms with Crippen LogP contribution in [0.5, 0.6) is 0 Å². The SMILES string of the molecule is OC[C@@H](O)CN(CCC(F)(F)F)Cc1ccccn1. The van der Waals surface area contributed by atoms with Crippen molar-refractivity contribution >= 4 is 0 Å². The number of hydrogen-bond acceptors (Lipinski definition) is 4. The molecule has 0 bridgehead atoms. The van der Waals surface area contributed by atoms with Crippen molar-refractivity contribution in [1.82, 2.24) is 9.88 Å². The average Bonchev–Trinajstić information content (AvgIpc) is 2.36. The van der Waals surface area contributed by atoms with E-state index in [-0.39, 0.29) is 19.6 Å². The number of nitrogens with zero attached hydrogens (tertiary/aromatic N) is 2. The van der Waals surface area contributed by atoms with Gasteiger partial charge >= 0.3 is 6.18 Å². The van der Waals surface area contributed by atoms with E-state index in [0.29, 0.717) is 5.69 Å². The van der Waals surface area contributed by atoms with Crippen LogP contribution in [0.2, 0.25) is 0 Å². The first-order valence-corrected chi connectivity index (χ1v) is 5.88. The summed E-state index contributed by atoms with van der Waals surface area (Å²) in [5, 5.41) is 18.1. The molecule has 0 aromatic carbocycles. The zero-order valence-corrected chi connectivity index (χ0v) is 10.3. The maximum atomic E-state index is 12.2. The van der Waals surface area contributed by atoms with Crippen LogP contribution in [0.15, 0.2) is 24.4 Å². The van der Waals surface area contributed by atoms with Crippen molar-refractivity contribution in [1.29, 1.82) is 0 Å². The maximum Gasteiger partial charge on any atom is 0.390 e. The fourth-order valence-electron chi connectivity index (χ4n) is 1.60. The predicted molar refractivity (Wildman–Crippen MR) is 63.3 cm³/mol. The molecular weight excluding hydrogens is 261 g/mol. The Morgan fingerprint density at radius 3 is 2.58 bits per heavy atom. The molecule has 0 radical (unpaired) electrons. The van der Waals surface area contributed by atoms with Gasteiger partial charge in [-0.2, -0.15) is 13.2 Å². The molecule has 1 aromatic heterocycles. The summed E-state index contributed by atoms with van der Waals surface area (Å²) in [7, 11) is 0. The second kappa shape index (κ2) is 7.42. The number of hydrogen-bond donors (Lipinski definition) is 2. The lowest BCUT2D eigenvalue weighted by molar-refractivity contribution is -0.139. The Morgan fingerprint density at radius 1 is 1.32 bits per heavy atom. The Bertz CT molecular complexity index is 360. The highest BCUT2D eigenvalue weighted by Gasteiger charge is 2.28. The first kappa shape index (κ1) is 15.9. The normalized spacial score (nSPS) is 13.8. The second-order valence-electron chi connectivity index (χ2n) is 4.26. The van der Waals surface area contributed by atoms with Crippen LogP contribution in [-0.4, -0.2) is 52.1 Å². The van der Waals surface area contributed by atoms with Gasteiger partial charge in [-0.3, -0.25) is 9.88 Å². The van der Waals surface area contributed by atoms with Gasteiger partial charge in [-0.15, -0.1) is 0 Å². The van der Waals surface area contributed by atoms with E-state index in [1.54, 1.807) is 24.4 Å². The third-order valence-electron chi connectivity index (χ3n) is 2.50. The molecule has 0 saturated heterocycles. The third-order valence-corrected chi connectivity index (χ3v) is 2.50. The molecular formula is C12H17F3N2O2. The highest BCUT2D eigenvalue weighted by Crippen LogP contribution is 2.20. The Balaban J connectivity index is 2.58. The highest BCUT2D eigenvalue weighted by molar-refractivity contribution is 5.03. The van der Waals surface area contributed by atoms with E-state index >= 15 is 0 Å². The van der Waals surface area contributed by atoms with Crippen LogP contribution < -0.4 is 0 Å². The van der Waals surface area contributed by atoms with Crippen molar-refractivity contribution < 1.29 is 23.4 Å². The highest BCUT2D eigenvalue weighted by atomic mass is 19.4. The molecule has 4 nitrogen and oxygen atoms in total. The molecule has 0 aliphatic carbocycles. The molecule has 0 saturated carbocycles. The van der Waals surface area contributed by atoms with Gasteiger partial charge in [0.1, 0.15) is 0 Å². The topological polar surface area (TPSA) is 56.6 Å². The van der Waals surface area contributed by atoms with Gasteiger partial charge in [-0.1, -0.05) is 6.07 Å². The quantitative estimate of drug-likeness (QED) is 0.786. The number of aromatic nitrogens is 1. The minimum absolute atomic E-state index is 0.0246. The molecule has 2 N–H and O–H groups in total. The van der Waals surface area contributed by atoms with Gasteiger partial charge < -0.3 is 10.2 Å². The molecule has 1 aromatic rings. The minimum Gasteiger partial charge on any atom is -0.394 e. The fourth-order valence-corrected chi connectivity index (χ4v) is 1.60. The smallest absolute Gasteiger partial charge is 0.390 e. The molecule has 108 valence electrons. The number of halogens is 3. The zero-order chi connectivity index (χ0) is 14.3. The van der Waals surface area contributed by atoms with Crippen molar-refractivity contribution in [2.24, 2.45) is 0 Å². The van der Waals surface area contributed by atoms with E-state index < -0.39 is 25.3 Å². The molecule has 7 heteroatoms. The summed E-state index contributed by atoms with van der Waals surface area (Å²) in [6.07, 6.45) is -4.71. The van der Waals surface area contributed by atoms with E-state index in [1.807, 2.05) is 0 Å². The summed E-state index contributed by atoms with van der Waals surface area (Å²) in [5.41, 5.74) is 0.620. The molecule has 0 aliphatic heterocycles. The molecule has 0 unspecified atom stereocenters. The standard InChI is InChI=1S/C12H17F3N2O2/c13-12(14,15)4-6-17(8-11(19)9-18)7-10-3-1-2-5-16-10/h1-3,5,11,18-19H,4,6-9H2/t11-/m0/s1. The third kappa shape index (κ3) is 7.09. The Labute approximate surface area is 109 Å². The van der Waals surface area contributed by atoms with Crippen LogP contribution in [0, 0.1) is 0 Å². The predicted octanol–water partition coefficient (Wildman–Crippen LogP) is 1.19. The van der Waals surface area contributed by atoms with Crippen LogP contribution in [-0.2, 0) is 6.54 Å². The average molecular weight is 278 g/mol. The van der Waals surface area contributed by atoms with Gasteiger partial charge in [0, 0.05) is 25.8 Å². The van der Waals surface area contributed by atoms with E-state index in [4.69, 9.17) is 5.11 Å². The molecule has 1 atom stereocenters. The van der Waals surface area contributed by atoms with Gasteiger partial charge in [0.15, 0.2) is 0 Å². The number of pyridine rings is 1. The van der Waals surface area contributed by atoms with Crippen LogP contribution in [0.25, 0.3) is 0 Å². The number of rotatable bonds is 7. The molecule has 0 spiro atoms. The van der Waals surface area contributed by atoms with Gasteiger partial charge in [-0.05, 0) is 12.1 Å². The Kier molecular flexibility index (Phi) is 6.20. The summed E-state index contributed by atoms with van der Waals surface area (Å²) in [5.74, 6) is 0.